The van der Waals surface area contributed by atoms with E-state index in [0.717, 1.165) is 22.4 Å². The van der Waals surface area contributed by atoms with E-state index in [1.54, 1.807) is 24.1 Å². The lowest BCUT2D eigenvalue weighted by Gasteiger charge is -2.23. The highest BCUT2D eigenvalue weighted by Crippen LogP contribution is 2.24. The number of hydrogen-bond acceptors (Lipinski definition) is 5. The normalized spacial score (nSPS) is 11.8. The van der Waals surface area contributed by atoms with E-state index in [-0.39, 0.29) is 11.8 Å². The first kappa shape index (κ1) is 22.4. The molecule has 0 fully saturated rings. The first-order valence-corrected chi connectivity index (χ1v) is 9.72. The number of likely N-dealkylation sites (N-methyl/N-ethyl adjacent to an activating group) is 1. The second kappa shape index (κ2) is 10.1. The molecule has 2 aromatic carbocycles. The highest BCUT2D eigenvalue weighted by atomic mass is 16.7. The number of amides is 1. The Balaban J connectivity index is 2.07. The van der Waals surface area contributed by atoms with E-state index in [1.165, 1.54) is 0 Å². The highest BCUT2D eigenvalue weighted by Gasteiger charge is 2.21. The largest absolute Gasteiger partial charge is 0.513 e. The van der Waals surface area contributed by atoms with Crippen LogP contribution >= 0.6 is 0 Å². The van der Waals surface area contributed by atoms with Crippen molar-refractivity contribution in [2.45, 2.75) is 40.2 Å². The number of aryl methyl sites for hydroxylation is 2. The van der Waals surface area contributed by atoms with Crippen molar-refractivity contribution in [1.29, 1.82) is 0 Å². The topological polar surface area (TPSA) is 81.9 Å². The Labute approximate surface area is 172 Å². The molecule has 29 heavy (non-hydrogen) atoms. The van der Waals surface area contributed by atoms with Crippen molar-refractivity contribution in [3.05, 3.63) is 59.2 Å². The number of hydrogen-bond donors (Lipinski definition) is 1. The number of nitrogens with zero attached hydrogens (tertiary/aromatic N) is 1. The Morgan fingerprint density at radius 2 is 1.66 bits per heavy atom. The van der Waals surface area contributed by atoms with Crippen LogP contribution in [0.25, 0.3) is 0 Å². The number of benzene rings is 2. The highest BCUT2D eigenvalue weighted by molar-refractivity contribution is 5.96. The van der Waals surface area contributed by atoms with Gasteiger partial charge >= 0.3 is 6.16 Å². The van der Waals surface area contributed by atoms with Crippen LogP contribution in [0.2, 0.25) is 0 Å². The second-order valence-corrected chi connectivity index (χ2v) is 7.64. The fourth-order valence-corrected chi connectivity index (χ4v) is 3.03. The van der Waals surface area contributed by atoms with Crippen LogP contribution in [0.4, 0.5) is 10.5 Å². The molecule has 2 rings (SSSR count). The molecule has 1 atom stereocenters. The maximum absolute atomic E-state index is 12.7. The molecule has 156 valence electrons. The molecule has 0 aliphatic heterocycles. The molecule has 0 heterocycles. The van der Waals surface area contributed by atoms with Gasteiger partial charge in [0.15, 0.2) is 0 Å². The minimum Gasteiger partial charge on any atom is -0.434 e. The van der Waals surface area contributed by atoms with Crippen LogP contribution in [0.15, 0.2) is 42.5 Å². The van der Waals surface area contributed by atoms with Gasteiger partial charge in [0.1, 0.15) is 5.75 Å². The molecular weight excluding hydrogens is 368 g/mol. The van der Waals surface area contributed by atoms with Gasteiger partial charge in [-0.15, -0.1) is 0 Å². The summed E-state index contributed by atoms with van der Waals surface area (Å²) in [5, 5.41) is 0. The summed E-state index contributed by atoms with van der Waals surface area (Å²) in [7, 11) is 1.72. The molecule has 6 heteroatoms. The van der Waals surface area contributed by atoms with Gasteiger partial charge < -0.3 is 20.1 Å². The summed E-state index contributed by atoms with van der Waals surface area (Å²) in [6, 6.07) is 12.2. The summed E-state index contributed by atoms with van der Waals surface area (Å²) in [4.78, 5) is 26.1. The number of ether oxygens (including phenoxy) is 2. The molecular formula is C23H30N2O4. The predicted molar refractivity (Wildman–Crippen MR) is 114 cm³/mol. The number of nitrogens with two attached hydrogens (primary N) is 1. The Hall–Kier alpha value is -2.86. The van der Waals surface area contributed by atoms with Gasteiger partial charge in [-0.2, -0.15) is 0 Å². The summed E-state index contributed by atoms with van der Waals surface area (Å²) in [6.45, 7) is 8.03. The molecule has 0 bridgehead atoms. The van der Waals surface area contributed by atoms with Crippen molar-refractivity contribution >= 4 is 17.7 Å². The molecule has 0 aliphatic carbocycles. The summed E-state index contributed by atoms with van der Waals surface area (Å²) in [5.74, 6) is 0.493. The van der Waals surface area contributed by atoms with E-state index < -0.39 is 12.2 Å². The lowest BCUT2D eigenvalue weighted by molar-refractivity contribution is -0.119. The monoisotopic (exact) mass is 398 g/mol. The number of para-hydroxylation sites is 1. The van der Waals surface area contributed by atoms with Gasteiger partial charge in [0.25, 0.3) is 0 Å². The Morgan fingerprint density at radius 3 is 2.21 bits per heavy atom. The molecule has 0 radical (unpaired) electrons. The summed E-state index contributed by atoms with van der Waals surface area (Å²) >= 11 is 0. The van der Waals surface area contributed by atoms with E-state index in [1.807, 2.05) is 58.0 Å². The standard InChI is InChI=1S/C23H30N2O4/c1-15(2)14-28-23(27)29-19-11-16(3)20(17(4)12-19)13-21(24)22(26)25(5)18-9-7-6-8-10-18/h6-12,15,21H,13-14,24H2,1-5H3/t21-/m0/s1. The number of carbonyl (C=O) groups is 2. The predicted octanol–water partition coefficient (Wildman–Crippen LogP) is 4.01. The molecule has 0 aromatic heterocycles. The lowest BCUT2D eigenvalue weighted by atomic mass is 9.95. The maximum Gasteiger partial charge on any atom is 0.513 e. The number of carbonyl (C=O) groups excluding carboxylic acids is 2. The zero-order chi connectivity index (χ0) is 21.6. The minimum atomic E-state index is -0.721. The van der Waals surface area contributed by atoms with Gasteiger partial charge in [-0.3, -0.25) is 4.79 Å². The molecule has 0 aliphatic rings. The molecule has 0 saturated carbocycles. The third kappa shape index (κ3) is 6.32. The van der Waals surface area contributed by atoms with Crippen molar-refractivity contribution < 1.29 is 19.1 Å². The smallest absolute Gasteiger partial charge is 0.434 e. The van der Waals surface area contributed by atoms with Crippen molar-refractivity contribution in [2.75, 3.05) is 18.6 Å². The van der Waals surface area contributed by atoms with E-state index in [4.69, 9.17) is 15.2 Å². The number of anilines is 1. The van der Waals surface area contributed by atoms with Crippen LogP contribution in [0.1, 0.15) is 30.5 Å². The van der Waals surface area contributed by atoms with Crippen LogP contribution in [-0.2, 0) is 16.0 Å². The minimum absolute atomic E-state index is 0.160. The Kier molecular flexibility index (Phi) is 7.79. The Morgan fingerprint density at radius 1 is 1.07 bits per heavy atom. The molecule has 2 aromatic rings. The fraction of sp³-hybridized carbons (Fsp3) is 0.391. The van der Waals surface area contributed by atoms with Crippen LogP contribution in [0, 0.1) is 19.8 Å². The number of rotatable bonds is 7. The van der Waals surface area contributed by atoms with Crippen molar-refractivity contribution in [3.8, 4) is 5.75 Å². The van der Waals surface area contributed by atoms with Gasteiger partial charge in [-0.1, -0.05) is 32.0 Å². The quantitative estimate of drug-likeness (QED) is 0.563. The SMILES string of the molecule is Cc1cc(OC(=O)OCC(C)C)cc(C)c1C[C@H](N)C(=O)N(C)c1ccccc1. The van der Waals surface area contributed by atoms with Gasteiger partial charge in [0.05, 0.1) is 12.6 Å². The third-order valence-electron chi connectivity index (χ3n) is 4.62. The molecule has 2 N–H and O–H groups in total. The second-order valence-electron chi connectivity index (χ2n) is 7.64. The molecule has 1 amide bonds. The zero-order valence-electron chi connectivity index (χ0n) is 17.8. The lowest BCUT2D eigenvalue weighted by Crippen LogP contribution is -2.43. The molecule has 0 unspecified atom stereocenters. The first-order chi connectivity index (χ1) is 13.7. The van der Waals surface area contributed by atoms with Crippen molar-refractivity contribution in [1.82, 2.24) is 0 Å². The van der Waals surface area contributed by atoms with E-state index in [9.17, 15) is 9.59 Å². The first-order valence-electron chi connectivity index (χ1n) is 9.72. The average Bonchev–Trinajstić information content (AvgIpc) is 2.68. The molecule has 6 nitrogen and oxygen atoms in total. The third-order valence-corrected chi connectivity index (χ3v) is 4.62. The maximum atomic E-state index is 12.7. The fourth-order valence-electron chi connectivity index (χ4n) is 3.03. The zero-order valence-corrected chi connectivity index (χ0v) is 17.8. The summed E-state index contributed by atoms with van der Waals surface area (Å²) < 4.78 is 10.3. The van der Waals surface area contributed by atoms with Crippen molar-refractivity contribution in [2.24, 2.45) is 11.7 Å². The summed E-state index contributed by atoms with van der Waals surface area (Å²) in [6.07, 6.45) is -0.326. The van der Waals surface area contributed by atoms with Gasteiger partial charge in [-0.25, -0.2) is 4.79 Å². The van der Waals surface area contributed by atoms with Crippen molar-refractivity contribution in [3.63, 3.8) is 0 Å². The van der Waals surface area contributed by atoms with Gasteiger partial charge in [0, 0.05) is 12.7 Å². The average molecular weight is 399 g/mol. The van der Waals surface area contributed by atoms with Crippen LogP contribution in [0.3, 0.4) is 0 Å². The van der Waals surface area contributed by atoms with Gasteiger partial charge in [0.2, 0.25) is 5.91 Å². The van der Waals surface area contributed by atoms with E-state index >= 15 is 0 Å². The Bertz CT molecular complexity index is 826. The van der Waals surface area contributed by atoms with E-state index in [0.29, 0.717) is 18.8 Å². The summed E-state index contributed by atoms with van der Waals surface area (Å²) in [5.41, 5.74) is 9.79. The van der Waals surface area contributed by atoms with Crippen LogP contribution < -0.4 is 15.4 Å². The van der Waals surface area contributed by atoms with Crippen LogP contribution in [0.5, 0.6) is 5.75 Å². The van der Waals surface area contributed by atoms with Gasteiger partial charge in [-0.05, 0) is 67.1 Å². The van der Waals surface area contributed by atoms with E-state index in [2.05, 4.69) is 0 Å². The molecule has 0 spiro atoms. The van der Waals surface area contributed by atoms with Crippen LogP contribution in [-0.4, -0.2) is 31.8 Å². The molecule has 0 saturated heterocycles.